The Morgan fingerprint density at radius 2 is 1.79 bits per heavy atom. The van der Waals surface area contributed by atoms with E-state index in [1.54, 1.807) is 26.0 Å². The lowest BCUT2D eigenvalue weighted by Gasteiger charge is -2.13. The van der Waals surface area contributed by atoms with Gasteiger partial charge in [0.2, 0.25) is 0 Å². The molecule has 0 aliphatic rings. The zero-order valence-corrected chi connectivity index (χ0v) is 22.9. The number of fused-ring (bicyclic) bond motifs is 1. The van der Waals surface area contributed by atoms with Crippen LogP contribution in [-0.2, 0) is 22.6 Å². The Kier molecular flexibility index (Phi) is 8.78. The molecule has 1 heterocycles. The minimum Gasteiger partial charge on any atom is -0.488 e. The number of hydrogen-bond acceptors (Lipinski definition) is 7. The van der Waals surface area contributed by atoms with Gasteiger partial charge in [-0.2, -0.15) is 10.5 Å². The minimum atomic E-state index is -0.538. The Morgan fingerprint density at radius 1 is 1.05 bits per heavy atom. The highest BCUT2D eigenvalue weighted by atomic mass is 35.5. The molecular weight excluding hydrogens is 532 g/mol. The molecular formula is C31H23ClN2O4S. The highest BCUT2D eigenvalue weighted by Crippen LogP contribution is 2.33. The molecule has 4 aromatic rings. The lowest BCUT2D eigenvalue weighted by atomic mass is 9.98. The SMILES string of the molecule is CCOC(=O)c1sc(CC(=O)C(C#N)=Cc2c(OCc3ccc(Cl)cc3)ccc3ccccc23)c(C#N)c1C. The van der Waals surface area contributed by atoms with Crippen LogP contribution in [0.2, 0.25) is 5.02 Å². The molecule has 0 saturated heterocycles. The molecule has 8 heteroatoms. The van der Waals surface area contributed by atoms with Crippen molar-refractivity contribution >= 4 is 51.5 Å². The monoisotopic (exact) mass is 554 g/mol. The number of Topliss-reactive ketones (excluding diaryl/α,β-unsaturated/α-hetero) is 1. The zero-order valence-electron chi connectivity index (χ0n) is 21.3. The van der Waals surface area contributed by atoms with Crippen LogP contribution in [-0.4, -0.2) is 18.4 Å². The number of carbonyl (C=O) groups excluding carboxylic acids is 2. The summed E-state index contributed by atoms with van der Waals surface area (Å²) in [4.78, 5) is 26.3. The van der Waals surface area contributed by atoms with Crippen molar-refractivity contribution in [2.24, 2.45) is 0 Å². The van der Waals surface area contributed by atoms with E-state index in [-0.39, 0.29) is 35.6 Å². The van der Waals surface area contributed by atoms with Gasteiger partial charge in [0.1, 0.15) is 29.4 Å². The van der Waals surface area contributed by atoms with Crippen molar-refractivity contribution in [2.75, 3.05) is 6.61 Å². The van der Waals surface area contributed by atoms with Crippen LogP contribution < -0.4 is 4.74 Å². The largest absolute Gasteiger partial charge is 0.488 e. The number of hydrogen-bond donors (Lipinski definition) is 0. The predicted octanol–water partition coefficient (Wildman–Crippen LogP) is 7.21. The van der Waals surface area contributed by atoms with Gasteiger partial charge in [0, 0.05) is 21.9 Å². The number of carbonyl (C=O) groups is 2. The molecule has 0 amide bonds. The second-order valence-electron chi connectivity index (χ2n) is 8.57. The van der Waals surface area contributed by atoms with E-state index in [2.05, 4.69) is 6.07 Å². The van der Waals surface area contributed by atoms with Gasteiger partial charge in [-0.05, 0) is 60.0 Å². The van der Waals surface area contributed by atoms with Crippen molar-refractivity contribution in [3.05, 3.63) is 103 Å². The lowest BCUT2D eigenvalue weighted by molar-refractivity contribution is -0.114. The normalized spacial score (nSPS) is 11.1. The molecule has 0 aliphatic carbocycles. The molecule has 39 heavy (non-hydrogen) atoms. The fourth-order valence-corrected chi connectivity index (χ4v) is 5.36. The van der Waals surface area contributed by atoms with E-state index in [0.717, 1.165) is 27.7 Å². The van der Waals surface area contributed by atoms with Gasteiger partial charge >= 0.3 is 5.97 Å². The van der Waals surface area contributed by atoms with Gasteiger partial charge in [0.05, 0.1) is 17.7 Å². The van der Waals surface area contributed by atoms with Gasteiger partial charge in [-0.3, -0.25) is 4.79 Å². The van der Waals surface area contributed by atoms with E-state index in [9.17, 15) is 20.1 Å². The van der Waals surface area contributed by atoms with Crippen LogP contribution in [0.1, 0.15) is 43.7 Å². The van der Waals surface area contributed by atoms with Gasteiger partial charge in [0.25, 0.3) is 0 Å². The average Bonchev–Trinajstić information content (AvgIpc) is 3.26. The standard InChI is InChI=1S/C31H23ClN2O4S/c1-3-37-31(36)30-19(2)26(17-34)29(39-30)15-27(35)22(16-33)14-25-24-7-5-4-6-21(24)10-13-28(25)38-18-20-8-11-23(32)12-9-20/h4-14H,3,15,18H2,1-2H3. The second kappa shape index (κ2) is 12.4. The summed E-state index contributed by atoms with van der Waals surface area (Å²) < 4.78 is 11.2. The first kappa shape index (κ1) is 27.6. The molecule has 194 valence electrons. The first-order valence-electron chi connectivity index (χ1n) is 12.1. The molecule has 0 N–H and O–H groups in total. The Labute approximate surface area is 235 Å². The van der Waals surface area contributed by atoms with Crippen LogP contribution >= 0.6 is 22.9 Å². The van der Waals surface area contributed by atoms with E-state index < -0.39 is 11.8 Å². The van der Waals surface area contributed by atoms with E-state index in [0.29, 0.717) is 26.8 Å². The average molecular weight is 555 g/mol. The van der Waals surface area contributed by atoms with Gasteiger partial charge in [-0.15, -0.1) is 11.3 Å². The highest BCUT2D eigenvalue weighted by molar-refractivity contribution is 7.14. The van der Waals surface area contributed by atoms with Crippen LogP contribution in [0.4, 0.5) is 0 Å². The smallest absolute Gasteiger partial charge is 0.348 e. The second-order valence-corrected chi connectivity index (χ2v) is 10.1. The van der Waals surface area contributed by atoms with Crippen molar-refractivity contribution in [3.8, 4) is 17.9 Å². The Bertz CT molecular complexity index is 1670. The van der Waals surface area contributed by atoms with Gasteiger partial charge in [-0.25, -0.2) is 4.79 Å². The molecule has 4 rings (SSSR count). The van der Waals surface area contributed by atoms with Crippen molar-refractivity contribution in [1.82, 2.24) is 0 Å². The number of thiophene rings is 1. The maximum absolute atomic E-state index is 13.3. The molecule has 0 unspecified atom stereocenters. The summed E-state index contributed by atoms with van der Waals surface area (Å²) in [6.07, 6.45) is 1.33. The number of rotatable bonds is 9. The fourth-order valence-electron chi connectivity index (χ4n) is 4.09. The summed E-state index contributed by atoms with van der Waals surface area (Å²) >= 11 is 7.03. The third kappa shape index (κ3) is 6.18. The topological polar surface area (TPSA) is 100 Å². The molecule has 0 bridgehead atoms. The number of nitriles is 2. The third-order valence-corrected chi connectivity index (χ3v) is 7.59. The summed E-state index contributed by atoms with van der Waals surface area (Å²) in [5.41, 5.74) is 2.15. The van der Waals surface area contributed by atoms with Crippen LogP contribution in [0.5, 0.6) is 5.75 Å². The summed E-state index contributed by atoms with van der Waals surface area (Å²) in [7, 11) is 0. The number of esters is 1. The molecule has 0 fully saturated rings. The first-order valence-corrected chi connectivity index (χ1v) is 13.3. The van der Waals surface area contributed by atoms with Crippen molar-refractivity contribution < 1.29 is 19.1 Å². The van der Waals surface area contributed by atoms with Crippen molar-refractivity contribution in [3.63, 3.8) is 0 Å². The summed E-state index contributed by atoms with van der Waals surface area (Å²) in [6.45, 7) is 3.81. The van der Waals surface area contributed by atoms with Gasteiger partial charge in [-0.1, -0.05) is 54.1 Å². The summed E-state index contributed by atoms with van der Waals surface area (Å²) in [6, 6.07) is 22.7. The van der Waals surface area contributed by atoms with Gasteiger partial charge < -0.3 is 9.47 Å². The fraction of sp³-hybridized carbons (Fsp3) is 0.161. The minimum absolute atomic E-state index is 0.0877. The van der Waals surface area contributed by atoms with E-state index in [1.807, 2.05) is 54.6 Å². The quantitative estimate of drug-likeness (QED) is 0.123. The molecule has 0 atom stereocenters. The highest BCUT2D eigenvalue weighted by Gasteiger charge is 2.24. The Hall–Kier alpha value is -4.43. The maximum atomic E-state index is 13.3. The molecule has 3 aromatic carbocycles. The van der Waals surface area contributed by atoms with Gasteiger partial charge in [0.15, 0.2) is 5.78 Å². The van der Waals surface area contributed by atoms with Crippen LogP contribution in [0, 0.1) is 29.6 Å². The molecule has 6 nitrogen and oxygen atoms in total. The number of allylic oxidation sites excluding steroid dienone is 1. The number of ketones is 1. The Morgan fingerprint density at radius 3 is 2.49 bits per heavy atom. The molecule has 0 saturated carbocycles. The number of nitrogens with zero attached hydrogens (tertiary/aromatic N) is 2. The number of ether oxygens (including phenoxy) is 2. The molecule has 1 aromatic heterocycles. The molecule has 0 spiro atoms. The summed E-state index contributed by atoms with van der Waals surface area (Å²) in [5, 5.41) is 22.0. The maximum Gasteiger partial charge on any atom is 0.348 e. The van der Waals surface area contributed by atoms with E-state index in [1.165, 1.54) is 6.08 Å². The first-order chi connectivity index (χ1) is 18.9. The number of benzene rings is 3. The Balaban J connectivity index is 1.70. The van der Waals surface area contributed by atoms with Crippen LogP contribution in [0.3, 0.4) is 0 Å². The third-order valence-electron chi connectivity index (χ3n) is 6.06. The van der Waals surface area contributed by atoms with E-state index in [4.69, 9.17) is 21.1 Å². The van der Waals surface area contributed by atoms with Crippen LogP contribution in [0.15, 0.2) is 66.2 Å². The molecule has 0 aliphatic heterocycles. The van der Waals surface area contributed by atoms with Crippen molar-refractivity contribution in [1.29, 1.82) is 10.5 Å². The zero-order chi connectivity index (χ0) is 27.9. The predicted molar refractivity (Wildman–Crippen MR) is 152 cm³/mol. The van der Waals surface area contributed by atoms with Crippen LogP contribution in [0.25, 0.3) is 16.8 Å². The summed E-state index contributed by atoms with van der Waals surface area (Å²) in [5.74, 6) is -0.495. The lowest BCUT2D eigenvalue weighted by Crippen LogP contribution is -2.06. The molecule has 0 radical (unpaired) electrons. The van der Waals surface area contributed by atoms with E-state index >= 15 is 0 Å². The van der Waals surface area contributed by atoms with Crippen molar-refractivity contribution in [2.45, 2.75) is 26.9 Å². The number of halogens is 1.